The number of rotatable bonds is 4. The average Bonchev–Trinajstić information content (AvgIpc) is 2.78. The molecule has 0 unspecified atom stereocenters. The van der Waals surface area contributed by atoms with Gasteiger partial charge in [-0.25, -0.2) is 0 Å². The summed E-state index contributed by atoms with van der Waals surface area (Å²) in [6.07, 6.45) is 0.910. The molecule has 2 atom stereocenters. The van der Waals surface area contributed by atoms with Gasteiger partial charge in [-0.2, -0.15) is 0 Å². The van der Waals surface area contributed by atoms with E-state index < -0.39 is 0 Å². The summed E-state index contributed by atoms with van der Waals surface area (Å²) in [6.45, 7) is 6.74. The first-order chi connectivity index (χ1) is 8.68. The molecular formula is C15H22N2O. The number of amides is 1. The van der Waals surface area contributed by atoms with Gasteiger partial charge in [-0.1, -0.05) is 31.2 Å². The van der Waals surface area contributed by atoms with Crippen LogP contribution in [0.25, 0.3) is 0 Å². The maximum Gasteiger partial charge on any atom is 0.224 e. The smallest absolute Gasteiger partial charge is 0.224 e. The van der Waals surface area contributed by atoms with Crippen LogP contribution < -0.4 is 10.6 Å². The van der Waals surface area contributed by atoms with Gasteiger partial charge in [0.1, 0.15) is 0 Å². The van der Waals surface area contributed by atoms with Crippen molar-refractivity contribution >= 4 is 5.91 Å². The van der Waals surface area contributed by atoms with Crippen molar-refractivity contribution in [1.82, 2.24) is 10.6 Å². The number of aryl methyl sites for hydroxylation is 1. The second-order valence-corrected chi connectivity index (χ2v) is 5.21. The second-order valence-electron chi connectivity index (χ2n) is 5.21. The van der Waals surface area contributed by atoms with Crippen LogP contribution in [0.1, 0.15) is 18.1 Å². The van der Waals surface area contributed by atoms with Crippen molar-refractivity contribution in [3.05, 3.63) is 35.4 Å². The third kappa shape index (κ3) is 3.10. The van der Waals surface area contributed by atoms with E-state index in [0.29, 0.717) is 5.92 Å². The molecule has 3 nitrogen and oxygen atoms in total. The summed E-state index contributed by atoms with van der Waals surface area (Å²) in [5.41, 5.74) is 2.61. The first-order valence-corrected chi connectivity index (χ1v) is 6.71. The fraction of sp³-hybridized carbons (Fsp3) is 0.533. The van der Waals surface area contributed by atoms with E-state index in [1.165, 1.54) is 11.1 Å². The fourth-order valence-electron chi connectivity index (χ4n) is 2.50. The molecule has 2 N–H and O–H groups in total. The summed E-state index contributed by atoms with van der Waals surface area (Å²) in [7, 11) is 0. The molecule has 18 heavy (non-hydrogen) atoms. The molecule has 1 saturated heterocycles. The van der Waals surface area contributed by atoms with E-state index in [1.807, 2.05) is 12.1 Å². The van der Waals surface area contributed by atoms with Crippen LogP contribution in [0.4, 0.5) is 0 Å². The molecule has 1 aromatic carbocycles. The maximum atomic E-state index is 12.0. The van der Waals surface area contributed by atoms with Gasteiger partial charge >= 0.3 is 0 Å². The number of carbonyl (C=O) groups excluding carboxylic acids is 1. The van der Waals surface area contributed by atoms with Crippen LogP contribution >= 0.6 is 0 Å². The highest BCUT2D eigenvalue weighted by molar-refractivity contribution is 5.79. The third-order valence-electron chi connectivity index (χ3n) is 3.81. The van der Waals surface area contributed by atoms with Crippen LogP contribution in [0.2, 0.25) is 0 Å². The van der Waals surface area contributed by atoms with Gasteiger partial charge < -0.3 is 10.6 Å². The van der Waals surface area contributed by atoms with Gasteiger partial charge in [0.05, 0.1) is 5.92 Å². The second kappa shape index (κ2) is 6.01. The first kappa shape index (κ1) is 13.1. The zero-order valence-electron chi connectivity index (χ0n) is 11.2. The Kier molecular flexibility index (Phi) is 4.37. The molecule has 0 bridgehead atoms. The highest BCUT2D eigenvalue weighted by Gasteiger charge is 2.28. The van der Waals surface area contributed by atoms with Gasteiger partial charge in [0, 0.05) is 13.1 Å². The van der Waals surface area contributed by atoms with E-state index in [0.717, 1.165) is 26.1 Å². The van der Waals surface area contributed by atoms with E-state index in [-0.39, 0.29) is 11.8 Å². The van der Waals surface area contributed by atoms with E-state index in [9.17, 15) is 4.79 Å². The van der Waals surface area contributed by atoms with Crippen LogP contribution in [0.5, 0.6) is 0 Å². The quantitative estimate of drug-likeness (QED) is 0.845. The molecule has 1 heterocycles. The Morgan fingerprint density at radius 1 is 1.39 bits per heavy atom. The largest absolute Gasteiger partial charge is 0.355 e. The summed E-state index contributed by atoms with van der Waals surface area (Å²) in [6, 6.07) is 8.33. The number of nitrogens with one attached hydrogen (secondary N) is 2. The summed E-state index contributed by atoms with van der Waals surface area (Å²) in [5, 5.41) is 6.31. The van der Waals surface area contributed by atoms with Gasteiger partial charge in [-0.05, 0) is 36.9 Å². The summed E-state index contributed by atoms with van der Waals surface area (Å²) in [5.74, 6) is 0.784. The number of benzene rings is 1. The molecule has 0 aromatic heterocycles. The van der Waals surface area contributed by atoms with Crippen LogP contribution in [-0.2, 0) is 11.2 Å². The molecule has 1 fully saturated rings. The lowest BCUT2D eigenvalue weighted by Gasteiger charge is -2.14. The summed E-state index contributed by atoms with van der Waals surface area (Å²) in [4.78, 5) is 12.0. The predicted molar refractivity (Wildman–Crippen MR) is 73.4 cm³/mol. The Balaban J connectivity index is 1.79. The average molecular weight is 246 g/mol. The van der Waals surface area contributed by atoms with E-state index in [1.54, 1.807) is 0 Å². The Morgan fingerprint density at radius 2 is 2.17 bits per heavy atom. The molecule has 0 aliphatic carbocycles. The number of hydrogen-bond acceptors (Lipinski definition) is 2. The maximum absolute atomic E-state index is 12.0. The van der Waals surface area contributed by atoms with Crippen molar-refractivity contribution in [2.45, 2.75) is 20.3 Å². The van der Waals surface area contributed by atoms with Crippen LogP contribution in [0.3, 0.4) is 0 Å². The summed E-state index contributed by atoms with van der Waals surface area (Å²) >= 11 is 0. The van der Waals surface area contributed by atoms with Gasteiger partial charge in [-0.3, -0.25) is 4.79 Å². The Morgan fingerprint density at radius 3 is 2.83 bits per heavy atom. The minimum Gasteiger partial charge on any atom is -0.355 e. The zero-order valence-corrected chi connectivity index (χ0v) is 11.2. The van der Waals surface area contributed by atoms with Crippen molar-refractivity contribution < 1.29 is 4.79 Å². The minimum atomic E-state index is 0.141. The first-order valence-electron chi connectivity index (χ1n) is 6.71. The molecule has 2 rings (SSSR count). The van der Waals surface area contributed by atoms with Gasteiger partial charge in [0.15, 0.2) is 0 Å². The van der Waals surface area contributed by atoms with Crippen molar-refractivity contribution in [1.29, 1.82) is 0 Å². The van der Waals surface area contributed by atoms with Crippen LogP contribution in [0.15, 0.2) is 24.3 Å². The number of carbonyl (C=O) groups is 1. The Bertz CT molecular complexity index is 417. The standard InChI is InChI=1S/C15H22N2O/c1-11-5-3-4-6-13(11)7-8-17-15(18)14-10-16-9-12(14)2/h3-6,12,14,16H,7-10H2,1-2H3,(H,17,18)/t12-,14-/m1/s1. The van der Waals surface area contributed by atoms with Crippen molar-refractivity contribution in [2.75, 3.05) is 19.6 Å². The van der Waals surface area contributed by atoms with Gasteiger partial charge in [0.25, 0.3) is 0 Å². The normalized spacial score (nSPS) is 23.0. The zero-order chi connectivity index (χ0) is 13.0. The molecule has 1 aromatic rings. The van der Waals surface area contributed by atoms with Gasteiger partial charge in [-0.15, -0.1) is 0 Å². The summed E-state index contributed by atoms with van der Waals surface area (Å²) < 4.78 is 0. The molecule has 98 valence electrons. The van der Waals surface area contributed by atoms with E-state index >= 15 is 0 Å². The third-order valence-corrected chi connectivity index (χ3v) is 3.81. The van der Waals surface area contributed by atoms with E-state index in [2.05, 4.69) is 36.6 Å². The molecule has 0 radical (unpaired) electrons. The van der Waals surface area contributed by atoms with Gasteiger partial charge in [0.2, 0.25) is 5.91 Å². The minimum absolute atomic E-state index is 0.141. The number of hydrogen-bond donors (Lipinski definition) is 2. The van der Waals surface area contributed by atoms with Crippen LogP contribution in [0, 0.1) is 18.8 Å². The Labute approximate surface area is 109 Å². The van der Waals surface area contributed by atoms with Crippen molar-refractivity contribution in [3.63, 3.8) is 0 Å². The molecular weight excluding hydrogens is 224 g/mol. The SMILES string of the molecule is Cc1ccccc1CCNC(=O)[C@@H]1CNC[C@H]1C. The van der Waals surface area contributed by atoms with E-state index in [4.69, 9.17) is 0 Å². The highest BCUT2D eigenvalue weighted by Crippen LogP contribution is 2.15. The molecule has 0 saturated carbocycles. The lowest BCUT2D eigenvalue weighted by Crippen LogP contribution is -2.35. The monoisotopic (exact) mass is 246 g/mol. The lowest BCUT2D eigenvalue weighted by molar-refractivity contribution is -0.125. The molecule has 1 aliphatic rings. The topological polar surface area (TPSA) is 41.1 Å². The fourth-order valence-corrected chi connectivity index (χ4v) is 2.50. The van der Waals surface area contributed by atoms with Crippen LogP contribution in [-0.4, -0.2) is 25.5 Å². The molecule has 3 heteroatoms. The van der Waals surface area contributed by atoms with Crippen molar-refractivity contribution in [2.24, 2.45) is 11.8 Å². The molecule has 0 spiro atoms. The Hall–Kier alpha value is -1.35. The van der Waals surface area contributed by atoms with Crippen molar-refractivity contribution in [3.8, 4) is 0 Å². The molecule has 1 aliphatic heterocycles. The highest BCUT2D eigenvalue weighted by atomic mass is 16.1. The lowest BCUT2D eigenvalue weighted by atomic mass is 9.97. The predicted octanol–water partition coefficient (Wildman–Crippen LogP) is 1.51. The molecule has 1 amide bonds.